The fourth-order valence-corrected chi connectivity index (χ4v) is 1.03. The van der Waals surface area contributed by atoms with Gasteiger partial charge in [0.1, 0.15) is 0 Å². The van der Waals surface area contributed by atoms with Gasteiger partial charge in [0, 0.05) is 0 Å². The minimum absolute atomic E-state index is 0. The molecule has 0 saturated heterocycles. The number of rotatable bonds is 6. The summed E-state index contributed by atoms with van der Waals surface area (Å²) in [5.74, 6) is 0. The number of unbranched alkanes of at least 4 members (excludes halogenated alkanes) is 6. The van der Waals surface area contributed by atoms with Crippen molar-refractivity contribution < 1.29 is 17.5 Å². The summed E-state index contributed by atoms with van der Waals surface area (Å²) in [6, 6.07) is 0. The standard InChI is InChI=1S/C9H20.Na.H2O4S.H/c1-3-5-7-9-8-6-4-2;;1-5(2,3)4;/h3-9H2,1-2H3;;(H2,1,2,3,4);. The fourth-order valence-electron chi connectivity index (χ4n) is 1.03. The summed E-state index contributed by atoms with van der Waals surface area (Å²) in [4.78, 5) is 0. The van der Waals surface area contributed by atoms with Gasteiger partial charge in [0.15, 0.2) is 0 Å². The van der Waals surface area contributed by atoms with Crippen molar-refractivity contribution >= 4 is 40.0 Å². The van der Waals surface area contributed by atoms with E-state index in [1.807, 2.05) is 0 Å². The number of hydrogen-bond donors (Lipinski definition) is 2. The fraction of sp³-hybridized carbons (Fsp3) is 1.00. The van der Waals surface area contributed by atoms with Gasteiger partial charge in [-0.1, -0.05) is 58.8 Å². The second-order valence-electron chi connectivity index (χ2n) is 3.22. The van der Waals surface area contributed by atoms with E-state index >= 15 is 0 Å². The molecule has 0 radical (unpaired) electrons. The minimum atomic E-state index is -4.67. The Morgan fingerprint density at radius 1 is 0.800 bits per heavy atom. The molecule has 0 aliphatic heterocycles. The Labute approximate surface area is 116 Å². The first kappa shape index (κ1) is 21.2. The summed E-state index contributed by atoms with van der Waals surface area (Å²) in [6.07, 6.45) is 9.97. The summed E-state index contributed by atoms with van der Waals surface area (Å²) in [6.45, 7) is 4.53. The molecule has 4 nitrogen and oxygen atoms in total. The van der Waals surface area contributed by atoms with Gasteiger partial charge in [-0.05, 0) is 0 Å². The molecule has 0 aliphatic carbocycles. The Kier molecular flexibility index (Phi) is 21.0. The maximum atomic E-state index is 8.74. The van der Waals surface area contributed by atoms with E-state index in [4.69, 9.17) is 17.5 Å². The Morgan fingerprint density at radius 3 is 1.20 bits per heavy atom. The molecule has 0 amide bonds. The molecule has 6 heteroatoms. The van der Waals surface area contributed by atoms with Crippen molar-refractivity contribution in [3.63, 3.8) is 0 Å². The van der Waals surface area contributed by atoms with Gasteiger partial charge in [0.25, 0.3) is 0 Å². The predicted molar refractivity (Wildman–Crippen MR) is 65.0 cm³/mol. The Bertz CT molecular complexity index is 178. The van der Waals surface area contributed by atoms with E-state index in [0.717, 1.165) is 0 Å². The molecule has 15 heavy (non-hydrogen) atoms. The topological polar surface area (TPSA) is 74.6 Å². The molecule has 0 bridgehead atoms. The summed E-state index contributed by atoms with van der Waals surface area (Å²) in [5, 5.41) is 0. The van der Waals surface area contributed by atoms with Crippen LogP contribution >= 0.6 is 0 Å². The number of hydrogen-bond acceptors (Lipinski definition) is 2. The van der Waals surface area contributed by atoms with E-state index < -0.39 is 10.4 Å². The van der Waals surface area contributed by atoms with Crippen molar-refractivity contribution in [3.05, 3.63) is 0 Å². The second-order valence-corrected chi connectivity index (χ2v) is 4.11. The van der Waals surface area contributed by atoms with Gasteiger partial charge in [-0.3, -0.25) is 9.11 Å². The van der Waals surface area contributed by atoms with E-state index in [1.165, 1.54) is 44.9 Å². The van der Waals surface area contributed by atoms with Gasteiger partial charge < -0.3 is 0 Å². The third-order valence-electron chi connectivity index (χ3n) is 1.71. The monoisotopic (exact) mass is 250 g/mol. The zero-order chi connectivity index (χ0) is 11.4. The van der Waals surface area contributed by atoms with Crippen LogP contribution in [-0.2, 0) is 10.4 Å². The summed E-state index contributed by atoms with van der Waals surface area (Å²) in [7, 11) is -4.67. The summed E-state index contributed by atoms with van der Waals surface area (Å²) >= 11 is 0. The first-order valence-corrected chi connectivity index (χ1v) is 6.51. The third kappa shape index (κ3) is 52.2. The van der Waals surface area contributed by atoms with Crippen LogP contribution in [0.15, 0.2) is 0 Å². The van der Waals surface area contributed by atoms with Gasteiger partial charge in [-0.15, -0.1) is 0 Å². The van der Waals surface area contributed by atoms with Crippen molar-refractivity contribution in [1.29, 1.82) is 0 Å². The van der Waals surface area contributed by atoms with Crippen LogP contribution in [-0.4, -0.2) is 47.1 Å². The predicted octanol–water partition coefficient (Wildman–Crippen LogP) is 2.46. The normalized spacial score (nSPS) is 9.87. The van der Waals surface area contributed by atoms with Crippen LogP contribution in [0, 0.1) is 0 Å². The van der Waals surface area contributed by atoms with E-state index in [0.29, 0.717) is 0 Å². The average Bonchev–Trinajstić information content (AvgIpc) is 2.01. The van der Waals surface area contributed by atoms with Crippen molar-refractivity contribution in [2.24, 2.45) is 0 Å². The van der Waals surface area contributed by atoms with Gasteiger partial charge in [0.2, 0.25) is 0 Å². The SMILES string of the molecule is CCCCCCCCC.O=S(=O)(O)O.[NaH]. The van der Waals surface area contributed by atoms with Crippen molar-refractivity contribution in [3.8, 4) is 0 Å². The average molecular weight is 250 g/mol. The van der Waals surface area contributed by atoms with E-state index in [9.17, 15) is 0 Å². The van der Waals surface area contributed by atoms with E-state index in [-0.39, 0.29) is 29.6 Å². The second kappa shape index (κ2) is 14.9. The van der Waals surface area contributed by atoms with Crippen molar-refractivity contribution in [2.75, 3.05) is 0 Å². The molecule has 0 saturated carbocycles. The van der Waals surface area contributed by atoms with Crippen LogP contribution in [0.4, 0.5) is 0 Å². The van der Waals surface area contributed by atoms with Crippen LogP contribution in [0.3, 0.4) is 0 Å². The molecule has 0 unspecified atom stereocenters. The van der Waals surface area contributed by atoms with Crippen LogP contribution < -0.4 is 0 Å². The van der Waals surface area contributed by atoms with Gasteiger partial charge in [-0.25, -0.2) is 0 Å². The van der Waals surface area contributed by atoms with Gasteiger partial charge in [0.05, 0.1) is 0 Å². The molecule has 90 valence electrons. The van der Waals surface area contributed by atoms with Crippen LogP contribution in [0.25, 0.3) is 0 Å². The third-order valence-corrected chi connectivity index (χ3v) is 1.71. The first-order valence-electron chi connectivity index (χ1n) is 5.11. The zero-order valence-corrected chi connectivity index (χ0v) is 9.89. The molecule has 0 aromatic carbocycles. The Morgan fingerprint density at radius 2 is 1.00 bits per heavy atom. The first-order chi connectivity index (χ1) is 6.41. The molecule has 0 aliphatic rings. The van der Waals surface area contributed by atoms with Crippen LogP contribution in [0.1, 0.15) is 58.8 Å². The molecule has 0 aromatic rings. The van der Waals surface area contributed by atoms with Crippen molar-refractivity contribution in [1.82, 2.24) is 0 Å². The molecular weight excluding hydrogens is 227 g/mol. The molecule has 0 fully saturated rings. The van der Waals surface area contributed by atoms with E-state index in [1.54, 1.807) is 0 Å². The van der Waals surface area contributed by atoms with Crippen molar-refractivity contribution in [2.45, 2.75) is 58.8 Å². The molecule has 0 aromatic heterocycles. The maximum absolute atomic E-state index is 8.74. The quantitative estimate of drug-likeness (QED) is 0.431. The van der Waals surface area contributed by atoms with Crippen LogP contribution in [0.2, 0.25) is 0 Å². The van der Waals surface area contributed by atoms with Gasteiger partial charge >= 0.3 is 40.0 Å². The molecule has 0 atom stereocenters. The summed E-state index contributed by atoms with van der Waals surface area (Å²) < 4.78 is 31.6. The molecule has 2 N–H and O–H groups in total. The van der Waals surface area contributed by atoms with E-state index in [2.05, 4.69) is 13.8 Å². The Hall–Kier alpha value is 0.870. The molecule has 0 heterocycles. The molecule has 0 spiro atoms. The molecular formula is C9H23NaO4S. The molecule has 0 rings (SSSR count). The Balaban J connectivity index is -0.000000208. The van der Waals surface area contributed by atoms with Crippen LogP contribution in [0.5, 0.6) is 0 Å². The van der Waals surface area contributed by atoms with Gasteiger partial charge in [-0.2, -0.15) is 8.42 Å². The summed E-state index contributed by atoms with van der Waals surface area (Å²) in [5.41, 5.74) is 0. The zero-order valence-electron chi connectivity index (χ0n) is 9.07.